The van der Waals surface area contributed by atoms with Crippen molar-refractivity contribution in [2.24, 2.45) is 0 Å². The smallest absolute Gasteiger partial charge is 0.411 e. The highest BCUT2D eigenvalue weighted by molar-refractivity contribution is 5.83. The van der Waals surface area contributed by atoms with Gasteiger partial charge in [-0.25, -0.2) is 4.79 Å². The van der Waals surface area contributed by atoms with Crippen molar-refractivity contribution in [3.8, 4) is 0 Å². The van der Waals surface area contributed by atoms with Crippen LogP contribution in [0.3, 0.4) is 0 Å². The van der Waals surface area contributed by atoms with E-state index in [-0.39, 0.29) is 24.5 Å². The second kappa shape index (κ2) is 9.17. The number of ether oxygens (including phenoxy) is 1. The number of ketones is 1. The van der Waals surface area contributed by atoms with Gasteiger partial charge in [-0.3, -0.25) is 9.69 Å². The van der Waals surface area contributed by atoms with Crippen LogP contribution in [-0.2, 0) is 16.1 Å². The topological polar surface area (TPSA) is 46.6 Å². The van der Waals surface area contributed by atoms with Crippen LogP contribution in [0, 0.1) is 13.8 Å². The third kappa shape index (κ3) is 4.85. The largest absolute Gasteiger partial charge is 0.445 e. The minimum absolute atomic E-state index is 0.158. The Labute approximate surface area is 183 Å². The molecule has 0 saturated carbocycles. The van der Waals surface area contributed by atoms with Gasteiger partial charge in [0.15, 0.2) is 0 Å². The molecule has 1 heterocycles. The number of rotatable bonds is 4. The van der Waals surface area contributed by atoms with Gasteiger partial charge in [0, 0.05) is 12.8 Å². The molecule has 158 valence electrons. The highest BCUT2D eigenvalue weighted by Crippen LogP contribution is 2.41. The Morgan fingerprint density at radius 3 is 1.90 bits per heavy atom. The van der Waals surface area contributed by atoms with E-state index in [1.54, 1.807) is 4.90 Å². The van der Waals surface area contributed by atoms with Gasteiger partial charge < -0.3 is 4.74 Å². The standard InChI is InChI=1S/C27H27NO3/c1-19-8-6-12-22(14-19)25-16-24(29)17-26(23-13-7-9-20(2)15-23)28(25)27(30)31-18-21-10-4-3-5-11-21/h3-15,25-26H,16-18H2,1-2H3/t25-,26-/m1/s1. The van der Waals surface area contributed by atoms with E-state index in [1.807, 2.05) is 92.7 Å². The lowest BCUT2D eigenvalue weighted by atomic mass is 9.86. The lowest BCUT2D eigenvalue weighted by molar-refractivity contribution is -0.125. The number of benzene rings is 3. The molecule has 0 spiro atoms. The third-order valence-electron chi connectivity index (χ3n) is 5.78. The molecule has 1 amide bonds. The molecule has 0 aromatic heterocycles. The zero-order valence-electron chi connectivity index (χ0n) is 18.0. The predicted molar refractivity (Wildman–Crippen MR) is 121 cm³/mol. The number of aryl methyl sites for hydroxylation is 2. The number of likely N-dealkylation sites (tertiary alicyclic amines) is 1. The number of nitrogens with zero attached hydrogens (tertiary/aromatic N) is 1. The molecule has 3 aromatic rings. The molecule has 1 aliphatic rings. The molecule has 31 heavy (non-hydrogen) atoms. The van der Waals surface area contributed by atoms with E-state index in [2.05, 4.69) is 0 Å². The molecular formula is C27H27NO3. The summed E-state index contributed by atoms with van der Waals surface area (Å²) in [7, 11) is 0. The Kier molecular flexibility index (Phi) is 6.17. The van der Waals surface area contributed by atoms with Crippen LogP contribution in [0.2, 0.25) is 0 Å². The Morgan fingerprint density at radius 1 is 0.839 bits per heavy atom. The zero-order valence-corrected chi connectivity index (χ0v) is 18.0. The molecule has 4 heteroatoms. The Bertz CT molecular complexity index is 1020. The summed E-state index contributed by atoms with van der Waals surface area (Å²) < 4.78 is 5.74. The summed E-state index contributed by atoms with van der Waals surface area (Å²) in [4.78, 5) is 27.9. The van der Waals surface area contributed by atoms with Gasteiger partial charge in [-0.2, -0.15) is 0 Å². The second-order valence-corrected chi connectivity index (χ2v) is 8.25. The van der Waals surface area contributed by atoms with Gasteiger partial charge in [0.1, 0.15) is 12.4 Å². The van der Waals surface area contributed by atoms with Crippen molar-refractivity contribution in [3.63, 3.8) is 0 Å². The van der Waals surface area contributed by atoms with Crippen molar-refractivity contribution in [2.75, 3.05) is 0 Å². The molecule has 1 saturated heterocycles. The van der Waals surface area contributed by atoms with Crippen LogP contribution in [-0.4, -0.2) is 16.8 Å². The summed E-state index contributed by atoms with van der Waals surface area (Å²) >= 11 is 0. The van der Waals surface area contributed by atoms with Crippen LogP contribution in [0.25, 0.3) is 0 Å². The minimum Gasteiger partial charge on any atom is -0.445 e. The fourth-order valence-electron chi connectivity index (χ4n) is 4.29. The van der Waals surface area contributed by atoms with Crippen molar-refractivity contribution in [1.29, 1.82) is 0 Å². The van der Waals surface area contributed by atoms with Gasteiger partial charge >= 0.3 is 6.09 Å². The van der Waals surface area contributed by atoms with Crippen LogP contribution >= 0.6 is 0 Å². The van der Waals surface area contributed by atoms with E-state index >= 15 is 0 Å². The van der Waals surface area contributed by atoms with Gasteiger partial charge in [-0.1, -0.05) is 90.0 Å². The summed E-state index contributed by atoms with van der Waals surface area (Å²) in [6.07, 6.45) is 0.202. The highest BCUT2D eigenvalue weighted by Gasteiger charge is 2.40. The molecule has 0 bridgehead atoms. The number of Topliss-reactive ketones (excluding diaryl/α,β-unsaturated/α-hetero) is 1. The van der Waals surface area contributed by atoms with Crippen molar-refractivity contribution in [1.82, 2.24) is 4.90 Å². The number of amides is 1. The first-order valence-electron chi connectivity index (χ1n) is 10.6. The number of hydrogen-bond donors (Lipinski definition) is 0. The van der Waals surface area contributed by atoms with Crippen molar-refractivity contribution >= 4 is 11.9 Å². The third-order valence-corrected chi connectivity index (χ3v) is 5.78. The maximum atomic E-state index is 13.4. The molecule has 2 atom stereocenters. The molecule has 4 nitrogen and oxygen atoms in total. The first-order valence-corrected chi connectivity index (χ1v) is 10.6. The van der Waals surface area contributed by atoms with Gasteiger partial charge in [0.2, 0.25) is 0 Å². The molecule has 0 N–H and O–H groups in total. The van der Waals surface area contributed by atoms with Crippen LogP contribution in [0.4, 0.5) is 4.79 Å². The molecule has 0 radical (unpaired) electrons. The fraction of sp³-hybridized carbons (Fsp3) is 0.259. The molecular weight excluding hydrogens is 386 g/mol. The quantitative estimate of drug-likeness (QED) is 0.520. The number of carbonyl (C=O) groups excluding carboxylic acids is 2. The highest BCUT2D eigenvalue weighted by atomic mass is 16.6. The maximum Gasteiger partial charge on any atom is 0.411 e. The van der Waals surface area contributed by atoms with Crippen molar-refractivity contribution in [2.45, 2.75) is 45.4 Å². The monoisotopic (exact) mass is 413 g/mol. The summed E-state index contributed by atoms with van der Waals surface area (Å²) in [6, 6.07) is 25.0. The molecule has 1 fully saturated rings. The van der Waals surface area contributed by atoms with Crippen molar-refractivity contribution in [3.05, 3.63) is 107 Å². The Balaban J connectivity index is 1.70. The fourth-order valence-corrected chi connectivity index (χ4v) is 4.29. The minimum atomic E-state index is -0.394. The Hall–Kier alpha value is -3.40. The summed E-state index contributed by atoms with van der Waals surface area (Å²) in [5.74, 6) is 0.158. The van der Waals surface area contributed by atoms with E-state index < -0.39 is 6.09 Å². The van der Waals surface area contributed by atoms with Crippen LogP contribution in [0.15, 0.2) is 78.9 Å². The van der Waals surface area contributed by atoms with Crippen LogP contribution < -0.4 is 0 Å². The Morgan fingerprint density at radius 2 is 1.39 bits per heavy atom. The second-order valence-electron chi connectivity index (χ2n) is 8.25. The lowest BCUT2D eigenvalue weighted by Gasteiger charge is -2.41. The van der Waals surface area contributed by atoms with E-state index in [4.69, 9.17) is 4.74 Å². The van der Waals surface area contributed by atoms with Crippen LogP contribution in [0.5, 0.6) is 0 Å². The summed E-state index contributed by atoms with van der Waals surface area (Å²) in [5, 5.41) is 0. The normalized spacial score (nSPS) is 18.6. The average Bonchev–Trinajstić information content (AvgIpc) is 2.77. The summed E-state index contributed by atoms with van der Waals surface area (Å²) in [5.41, 5.74) is 5.05. The van der Waals surface area contributed by atoms with Crippen molar-refractivity contribution < 1.29 is 14.3 Å². The van der Waals surface area contributed by atoms with Crippen LogP contribution in [0.1, 0.15) is 52.7 Å². The van der Waals surface area contributed by atoms with Gasteiger partial charge in [0.05, 0.1) is 12.1 Å². The number of piperidine rings is 1. The van der Waals surface area contributed by atoms with E-state index in [0.29, 0.717) is 12.8 Å². The molecule has 0 unspecified atom stereocenters. The molecule has 0 aliphatic carbocycles. The SMILES string of the molecule is Cc1cccc([C@H]2CC(=O)C[C@H](c3cccc(C)c3)N2C(=O)OCc2ccccc2)c1. The lowest BCUT2D eigenvalue weighted by Crippen LogP contribution is -2.44. The molecule has 1 aliphatic heterocycles. The average molecular weight is 414 g/mol. The number of hydrogen-bond acceptors (Lipinski definition) is 3. The predicted octanol–water partition coefficient (Wildman–Crippen LogP) is 6.09. The van der Waals surface area contributed by atoms with Gasteiger partial charge in [-0.15, -0.1) is 0 Å². The molecule has 3 aromatic carbocycles. The summed E-state index contributed by atoms with van der Waals surface area (Å²) in [6.45, 7) is 4.24. The maximum absolute atomic E-state index is 13.4. The van der Waals surface area contributed by atoms with Gasteiger partial charge in [-0.05, 0) is 30.5 Å². The van der Waals surface area contributed by atoms with E-state index in [1.165, 1.54) is 0 Å². The molecule has 4 rings (SSSR count). The first kappa shape index (κ1) is 20.9. The van der Waals surface area contributed by atoms with E-state index in [0.717, 1.165) is 27.8 Å². The number of carbonyl (C=O) groups is 2. The zero-order chi connectivity index (χ0) is 21.8. The first-order chi connectivity index (χ1) is 15.0. The van der Waals surface area contributed by atoms with E-state index in [9.17, 15) is 9.59 Å². The van der Waals surface area contributed by atoms with Gasteiger partial charge in [0.25, 0.3) is 0 Å².